The Labute approximate surface area is 115 Å². The van der Waals surface area contributed by atoms with Gasteiger partial charge in [-0.15, -0.1) is 0 Å². The highest BCUT2D eigenvalue weighted by Crippen LogP contribution is 2.18. The molecule has 2 fully saturated rings. The summed E-state index contributed by atoms with van der Waals surface area (Å²) in [5.41, 5.74) is 0. The van der Waals surface area contributed by atoms with Crippen molar-refractivity contribution in [1.82, 2.24) is 15.2 Å². The van der Waals surface area contributed by atoms with Crippen LogP contribution in [0.4, 0.5) is 5.82 Å². The van der Waals surface area contributed by atoms with Crippen molar-refractivity contribution in [2.75, 3.05) is 44.2 Å². The van der Waals surface area contributed by atoms with Crippen molar-refractivity contribution in [3.8, 4) is 0 Å². The van der Waals surface area contributed by atoms with Crippen LogP contribution in [0.25, 0.3) is 0 Å². The third-order valence-corrected chi connectivity index (χ3v) is 4.53. The predicted octanol–water partition coefficient (Wildman–Crippen LogP) is 1.20. The van der Waals surface area contributed by atoms with Gasteiger partial charge in [-0.05, 0) is 37.9 Å². The second kappa shape index (κ2) is 5.88. The average Bonchev–Trinajstić information content (AvgIpc) is 2.86. The van der Waals surface area contributed by atoms with E-state index in [1.807, 2.05) is 12.3 Å². The molecule has 0 bridgehead atoms. The van der Waals surface area contributed by atoms with E-state index >= 15 is 0 Å². The van der Waals surface area contributed by atoms with E-state index in [1.165, 1.54) is 32.6 Å². The number of nitrogens with one attached hydrogen (secondary N) is 1. The Kier molecular flexibility index (Phi) is 3.99. The molecule has 0 aliphatic carbocycles. The summed E-state index contributed by atoms with van der Waals surface area (Å²) in [5.74, 6) is 1.96. The molecule has 1 aromatic heterocycles. The van der Waals surface area contributed by atoms with Gasteiger partial charge in [-0.2, -0.15) is 0 Å². The summed E-state index contributed by atoms with van der Waals surface area (Å²) >= 11 is 0. The lowest BCUT2D eigenvalue weighted by Gasteiger charge is -2.37. The van der Waals surface area contributed by atoms with Crippen LogP contribution in [0.2, 0.25) is 0 Å². The largest absolute Gasteiger partial charge is 0.354 e. The number of pyridine rings is 1. The van der Waals surface area contributed by atoms with Gasteiger partial charge in [-0.25, -0.2) is 4.98 Å². The SMILES string of the molecule is CC1NCCC1CN1CCN(c2ccccn2)CC1. The topological polar surface area (TPSA) is 31.4 Å². The molecule has 4 heteroatoms. The van der Waals surface area contributed by atoms with E-state index in [2.05, 4.69) is 39.2 Å². The fourth-order valence-electron chi connectivity index (χ4n) is 3.19. The van der Waals surface area contributed by atoms with Gasteiger partial charge in [-0.1, -0.05) is 6.07 Å². The lowest BCUT2D eigenvalue weighted by Crippen LogP contribution is -2.48. The lowest BCUT2D eigenvalue weighted by molar-refractivity contribution is 0.212. The van der Waals surface area contributed by atoms with E-state index in [9.17, 15) is 0 Å². The van der Waals surface area contributed by atoms with E-state index < -0.39 is 0 Å². The minimum Gasteiger partial charge on any atom is -0.354 e. The van der Waals surface area contributed by atoms with Crippen LogP contribution >= 0.6 is 0 Å². The van der Waals surface area contributed by atoms with Gasteiger partial charge in [0.25, 0.3) is 0 Å². The molecule has 0 amide bonds. The molecule has 2 aliphatic heterocycles. The Morgan fingerprint density at radius 3 is 2.74 bits per heavy atom. The van der Waals surface area contributed by atoms with Gasteiger partial charge in [0.05, 0.1) is 0 Å². The first-order valence-corrected chi connectivity index (χ1v) is 7.44. The fourth-order valence-corrected chi connectivity index (χ4v) is 3.19. The molecular formula is C15H24N4. The molecule has 2 atom stereocenters. The van der Waals surface area contributed by atoms with E-state index in [-0.39, 0.29) is 0 Å². The van der Waals surface area contributed by atoms with Crippen molar-refractivity contribution in [3.05, 3.63) is 24.4 Å². The first-order chi connectivity index (χ1) is 9.33. The van der Waals surface area contributed by atoms with Gasteiger partial charge in [0.15, 0.2) is 0 Å². The van der Waals surface area contributed by atoms with Crippen LogP contribution in [0.3, 0.4) is 0 Å². The number of aromatic nitrogens is 1. The minimum absolute atomic E-state index is 0.689. The highest BCUT2D eigenvalue weighted by molar-refractivity contribution is 5.38. The monoisotopic (exact) mass is 260 g/mol. The van der Waals surface area contributed by atoms with Crippen molar-refractivity contribution in [1.29, 1.82) is 0 Å². The summed E-state index contributed by atoms with van der Waals surface area (Å²) < 4.78 is 0. The molecule has 104 valence electrons. The van der Waals surface area contributed by atoms with Crippen LogP contribution in [0.5, 0.6) is 0 Å². The van der Waals surface area contributed by atoms with Gasteiger partial charge in [0.2, 0.25) is 0 Å². The van der Waals surface area contributed by atoms with Gasteiger partial charge >= 0.3 is 0 Å². The Morgan fingerprint density at radius 1 is 1.26 bits per heavy atom. The average molecular weight is 260 g/mol. The van der Waals surface area contributed by atoms with Gasteiger partial charge in [0, 0.05) is 45.0 Å². The van der Waals surface area contributed by atoms with Crippen molar-refractivity contribution in [2.45, 2.75) is 19.4 Å². The third-order valence-electron chi connectivity index (χ3n) is 4.53. The molecule has 4 nitrogen and oxygen atoms in total. The van der Waals surface area contributed by atoms with Gasteiger partial charge in [0.1, 0.15) is 5.82 Å². The van der Waals surface area contributed by atoms with E-state index in [1.54, 1.807) is 0 Å². The minimum atomic E-state index is 0.689. The number of anilines is 1. The quantitative estimate of drug-likeness (QED) is 0.885. The van der Waals surface area contributed by atoms with Crippen LogP contribution in [0.1, 0.15) is 13.3 Å². The summed E-state index contributed by atoms with van der Waals surface area (Å²) in [6, 6.07) is 6.85. The van der Waals surface area contributed by atoms with E-state index in [0.717, 1.165) is 24.8 Å². The number of nitrogens with zero attached hydrogens (tertiary/aromatic N) is 3. The molecule has 0 saturated carbocycles. The maximum absolute atomic E-state index is 4.44. The highest BCUT2D eigenvalue weighted by atomic mass is 15.3. The fraction of sp³-hybridized carbons (Fsp3) is 0.667. The summed E-state index contributed by atoms with van der Waals surface area (Å²) in [6.07, 6.45) is 3.22. The number of hydrogen-bond donors (Lipinski definition) is 1. The molecule has 0 radical (unpaired) electrons. The predicted molar refractivity (Wildman–Crippen MR) is 78.5 cm³/mol. The van der Waals surface area contributed by atoms with E-state index in [4.69, 9.17) is 0 Å². The zero-order valence-electron chi connectivity index (χ0n) is 11.8. The molecule has 2 aliphatic rings. The first kappa shape index (κ1) is 12.9. The second-order valence-electron chi connectivity index (χ2n) is 5.77. The molecule has 1 N–H and O–H groups in total. The maximum atomic E-state index is 4.44. The summed E-state index contributed by atoms with van der Waals surface area (Å²) in [6.45, 7) is 9.31. The Hall–Kier alpha value is -1.13. The van der Waals surface area contributed by atoms with Gasteiger partial charge < -0.3 is 10.2 Å². The van der Waals surface area contributed by atoms with Crippen LogP contribution in [-0.2, 0) is 0 Å². The van der Waals surface area contributed by atoms with Gasteiger partial charge in [-0.3, -0.25) is 4.90 Å². The van der Waals surface area contributed by atoms with Crippen molar-refractivity contribution < 1.29 is 0 Å². The molecule has 2 saturated heterocycles. The molecule has 1 aromatic rings. The summed E-state index contributed by atoms with van der Waals surface area (Å²) in [5, 5.41) is 3.55. The van der Waals surface area contributed by atoms with Crippen LogP contribution in [0, 0.1) is 5.92 Å². The van der Waals surface area contributed by atoms with Crippen LogP contribution < -0.4 is 10.2 Å². The molecule has 3 heterocycles. The van der Waals surface area contributed by atoms with Crippen molar-refractivity contribution in [3.63, 3.8) is 0 Å². The normalized spacial score (nSPS) is 28.8. The molecular weight excluding hydrogens is 236 g/mol. The Morgan fingerprint density at radius 2 is 2.11 bits per heavy atom. The number of rotatable bonds is 3. The third kappa shape index (κ3) is 3.07. The smallest absolute Gasteiger partial charge is 0.128 e. The lowest BCUT2D eigenvalue weighted by atomic mass is 10.0. The van der Waals surface area contributed by atoms with Crippen molar-refractivity contribution >= 4 is 5.82 Å². The zero-order valence-corrected chi connectivity index (χ0v) is 11.8. The number of piperazine rings is 1. The van der Waals surface area contributed by atoms with Crippen molar-refractivity contribution in [2.24, 2.45) is 5.92 Å². The standard InChI is InChI=1S/C15H24N4/c1-13-14(5-7-16-13)12-18-8-10-19(11-9-18)15-4-2-3-6-17-15/h2-4,6,13-14,16H,5,7-12H2,1H3. The molecule has 2 unspecified atom stereocenters. The zero-order chi connectivity index (χ0) is 13.1. The summed E-state index contributed by atoms with van der Waals surface area (Å²) in [7, 11) is 0. The maximum Gasteiger partial charge on any atom is 0.128 e. The Bertz CT molecular complexity index is 386. The molecule has 0 spiro atoms. The van der Waals surface area contributed by atoms with Crippen LogP contribution in [0.15, 0.2) is 24.4 Å². The number of hydrogen-bond acceptors (Lipinski definition) is 4. The molecule has 19 heavy (non-hydrogen) atoms. The summed E-state index contributed by atoms with van der Waals surface area (Å²) in [4.78, 5) is 9.45. The highest BCUT2D eigenvalue weighted by Gasteiger charge is 2.26. The molecule has 3 rings (SSSR count). The van der Waals surface area contributed by atoms with E-state index in [0.29, 0.717) is 6.04 Å². The Balaban J connectivity index is 1.49. The van der Waals surface area contributed by atoms with Crippen LogP contribution in [-0.4, -0.2) is 55.2 Å². The second-order valence-corrected chi connectivity index (χ2v) is 5.77. The first-order valence-electron chi connectivity index (χ1n) is 7.44. The molecule has 0 aromatic carbocycles.